The van der Waals surface area contributed by atoms with Crippen molar-refractivity contribution >= 4 is 27.8 Å². The van der Waals surface area contributed by atoms with E-state index in [2.05, 4.69) is 15.9 Å². The van der Waals surface area contributed by atoms with Gasteiger partial charge in [-0.25, -0.2) is 0 Å². The van der Waals surface area contributed by atoms with E-state index in [-0.39, 0.29) is 18.5 Å². The zero-order chi connectivity index (χ0) is 15.6. The highest BCUT2D eigenvalue weighted by Crippen LogP contribution is 2.28. The molecule has 1 heterocycles. The maximum Gasteiger partial charge on any atom is 0.308 e. The number of halogens is 1. The summed E-state index contributed by atoms with van der Waals surface area (Å²) in [5.74, 6) is -0.805. The van der Waals surface area contributed by atoms with Crippen LogP contribution in [-0.2, 0) is 4.79 Å². The number of likely N-dealkylation sites (tertiary alicyclic amines) is 1. The van der Waals surface area contributed by atoms with E-state index in [0.717, 1.165) is 0 Å². The molecule has 1 aliphatic rings. The molecule has 1 fully saturated rings. The number of nitrogens with zero attached hydrogens (tertiary/aromatic N) is 1. The fourth-order valence-electron chi connectivity index (χ4n) is 2.56. The van der Waals surface area contributed by atoms with Crippen molar-refractivity contribution in [3.05, 3.63) is 28.2 Å². The van der Waals surface area contributed by atoms with Gasteiger partial charge in [0.1, 0.15) is 5.75 Å². The Labute approximate surface area is 132 Å². The highest BCUT2D eigenvalue weighted by atomic mass is 79.9. The smallest absolute Gasteiger partial charge is 0.308 e. The minimum atomic E-state index is -0.837. The van der Waals surface area contributed by atoms with Crippen LogP contribution in [0.25, 0.3) is 0 Å². The lowest BCUT2D eigenvalue weighted by molar-refractivity contribution is -0.143. The van der Waals surface area contributed by atoms with Gasteiger partial charge in [0.2, 0.25) is 0 Å². The number of piperidine rings is 1. The summed E-state index contributed by atoms with van der Waals surface area (Å²) in [6, 6.07) is 5.18. The Hall–Kier alpha value is -1.56. The SMILES string of the molecule is COc1ccc(C(=O)N2CC(C(=O)O)CCC2C)cc1Br. The molecule has 0 bridgehead atoms. The van der Waals surface area contributed by atoms with Crippen LogP contribution in [0.2, 0.25) is 0 Å². The molecule has 1 amide bonds. The highest BCUT2D eigenvalue weighted by Gasteiger charge is 2.33. The van der Waals surface area contributed by atoms with E-state index in [4.69, 9.17) is 9.84 Å². The average molecular weight is 356 g/mol. The van der Waals surface area contributed by atoms with Crippen molar-refractivity contribution in [2.45, 2.75) is 25.8 Å². The largest absolute Gasteiger partial charge is 0.496 e. The van der Waals surface area contributed by atoms with Crippen LogP contribution in [-0.4, -0.2) is 41.6 Å². The first-order valence-corrected chi connectivity index (χ1v) is 7.60. The Bertz CT molecular complexity index is 561. The van der Waals surface area contributed by atoms with Crippen molar-refractivity contribution in [3.63, 3.8) is 0 Å². The molecule has 114 valence electrons. The molecular formula is C15H18BrNO4. The monoisotopic (exact) mass is 355 g/mol. The molecule has 0 aromatic heterocycles. The molecule has 1 saturated heterocycles. The molecule has 2 rings (SSSR count). The fraction of sp³-hybridized carbons (Fsp3) is 0.467. The van der Waals surface area contributed by atoms with E-state index in [1.165, 1.54) is 0 Å². The number of amides is 1. The van der Waals surface area contributed by atoms with Crippen LogP contribution < -0.4 is 4.74 Å². The molecule has 6 heteroatoms. The lowest BCUT2D eigenvalue weighted by atomic mass is 9.93. The molecule has 1 aromatic rings. The summed E-state index contributed by atoms with van der Waals surface area (Å²) in [5.41, 5.74) is 0.528. The van der Waals surface area contributed by atoms with E-state index in [1.54, 1.807) is 30.2 Å². The standard InChI is InChI=1S/C15H18BrNO4/c1-9-3-4-11(15(19)20)8-17(9)14(18)10-5-6-13(21-2)12(16)7-10/h5-7,9,11H,3-4,8H2,1-2H3,(H,19,20). The van der Waals surface area contributed by atoms with Gasteiger partial charge in [0.25, 0.3) is 5.91 Å². The number of carboxylic acids is 1. The van der Waals surface area contributed by atoms with Crippen LogP contribution in [0.3, 0.4) is 0 Å². The Balaban J connectivity index is 2.21. The molecule has 0 radical (unpaired) electrons. The molecule has 21 heavy (non-hydrogen) atoms. The van der Waals surface area contributed by atoms with Gasteiger partial charge in [-0.05, 0) is 53.9 Å². The summed E-state index contributed by atoms with van der Waals surface area (Å²) in [7, 11) is 1.56. The predicted octanol–water partition coefficient (Wildman–Crippen LogP) is 2.78. The van der Waals surface area contributed by atoms with Crippen molar-refractivity contribution in [2.75, 3.05) is 13.7 Å². The summed E-state index contributed by atoms with van der Waals surface area (Å²) < 4.78 is 5.85. The van der Waals surface area contributed by atoms with E-state index in [0.29, 0.717) is 28.6 Å². The van der Waals surface area contributed by atoms with Crippen molar-refractivity contribution in [1.82, 2.24) is 4.90 Å². The quantitative estimate of drug-likeness (QED) is 0.905. The predicted molar refractivity (Wildman–Crippen MR) is 81.6 cm³/mol. The number of aliphatic carboxylic acids is 1. The summed E-state index contributed by atoms with van der Waals surface area (Å²) >= 11 is 3.36. The number of carbonyl (C=O) groups excluding carboxylic acids is 1. The minimum Gasteiger partial charge on any atom is -0.496 e. The zero-order valence-corrected chi connectivity index (χ0v) is 13.6. The number of hydrogen-bond acceptors (Lipinski definition) is 3. The fourth-order valence-corrected chi connectivity index (χ4v) is 3.10. The minimum absolute atomic E-state index is 0.0500. The van der Waals surface area contributed by atoms with Crippen molar-refractivity contribution in [3.8, 4) is 5.75 Å². The van der Waals surface area contributed by atoms with Crippen LogP contribution >= 0.6 is 15.9 Å². The number of ether oxygens (including phenoxy) is 1. The molecule has 1 N–H and O–H groups in total. The summed E-state index contributed by atoms with van der Waals surface area (Å²) in [4.78, 5) is 25.4. The topological polar surface area (TPSA) is 66.8 Å². The molecule has 2 atom stereocenters. The normalized spacial score (nSPS) is 22.0. The van der Waals surface area contributed by atoms with Gasteiger partial charge in [-0.1, -0.05) is 0 Å². The van der Waals surface area contributed by atoms with Crippen LogP contribution in [0.4, 0.5) is 0 Å². The van der Waals surface area contributed by atoms with Gasteiger partial charge in [0.05, 0.1) is 17.5 Å². The number of rotatable bonds is 3. The number of carboxylic acid groups (broad SMARTS) is 1. The van der Waals surface area contributed by atoms with Gasteiger partial charge in [-0.2, -0.15) is 0 Å². The van der Waals surface area contributed by atoms with Gasteiger partial charge in [0.15, 0.2) is 0 Å². The first kappa shape index (κ1) is 15.8. The first-order valence-electron chi connectivity index (χ1n) is 6.81. The molecule has 2 unspecified atom stereocenters. The number of methoxy groups -OCH3 is 1. The Morgan fingerprint density at radius 2 is 2.10 bits per heavy atom. The first-order chi connectivity index (χ1) is 9.93. The van der Waals surface area contributed by atoms with Gasteiger partial charge in [-0.15, -0.1) is 0 Å². The van der Waals surface area contributed by atoms with E-state index >= 15 is 0 Å². The second kappa shape index (κ2) is 6.47. The summed E-state index contributed by atoms with van der Waals surface area (Å²) in [6.07, 6.45) is 1.33. The third-order valence-corrected chi connectivity index (χ3v) is 4.51. The van der Waals surface area contributed by atoms with Crippen molar-refractivity contribution < 1.29 is 19.4 Å². The molecule has 1 aromatic carbocycles. The van der Waals surface area contributed by atoms with E-state index < -0.39 is 11.9 Å². The van der Waals surface area contributed by atoms with Crippen molar-refractivity contribution in [2.24, 2.45) is 5.92 Å². The lowest BCUT2D eigenvalue weighted by Crippen LogP contribution is -2.47. The van der Waals surface area contributed by atoms with Gasteiger partial charge in [-0.3, -0.25) is 9.59 Å². The second-order valence-corrected chi connectivity index (χ2v) is 6.12. The number of benzene rings is 1. The van der Waals surface area contributed by atoms with Crippen LogP contribution in [0.5, 0.6) is 5.75 Å². The third-order valence-electron chi connectivity index (χ3n) is 3.89. The molecular weight excluding hydrogens is 338 g/mol. The van der Waals surface area contributed by atoms with Gasteiger partial charge < -0.3 is 14.7 Å². The number of hydrogen-bond donors (Lipinski definition) is 1. The molecule has 0 spiro atoms. The molecule has 0 saturated carbocycles. The van der Waals surface area contributed by atoms with Crippen molar-refractivity contribution in [1.29, 1.82) is 0 Å². The van der Waals surface area contributed by atoms with Crippen LogP contribution in [0.1, 0.15) is 30.1 Å². The van der Waals surface area contributed by atoms with E-state index in [9.17, 15) is 9.59 Å². The van der Waals surface area contributed by atoms with Gasteiger partial charge >= 0.3 is 5.97 Å². The second-order valence-electron chi connectivity index (χ2n) is 5.27. The third kappa shape index (κ3) is 3.37. The maximum atomic E-state index is 12.6. The lowest BCUT2D eigenvalue weighted by Gasteiger charge is -2.36. The Kier molecular flexibility index (Phi) is 4.88. The molecule has 5 nitrogen and oxygen atoms in total. The van der Waals surface area contributed by atoms with Crippen LogP contribution in [0.15, 0.2) is 22.7 Å². The number of carbonyl (C=O) groups is 2. The molecule has 1 aliphatic heterocycles. The average Bonchev–Trinajstić information content (AvgIpc) is 2.46. The summed E-state index contributed by atoms with van der Waals surface area (Å²) in [5, 5.41) is 9.15. The Morgan fingerprint density at radius 1 is 1.38 bits per heavy atom. The highest BCUT2D eigenvalue weighted by molar-refractivity contribution is 9.10. The Morgan fingerprint density at radius 3 is 2.67 bits per heavy atom. The summed E-state index contributed by atoms with van der Waals surface area (Å²) in [6.45, 7) is 2.22. The maximum absolute atomic E-state index is 12.6. The molecule has 0 aliphatic carbocycles. The van der Waals surface area contributed by atoms with Gasteiger partial charge in [0, 0.05) is 18.2 Å². The van der Waals surface area contributed by atoms with E-state index in [1.807, 2.05) is 6.92 Å². The zero-order valence-electron chi connectivity index (χ0n) is 12.0. The van der Waals surface area contributed by atoms with Crippen LogP contribution in [0, 0.1) is 5.92 Å².